The van der Waals surface area contributed by atoms with Crippen molar-refractivity contribution in [2.45, 2.75) is 13.5 Å². The van der Waals surface area contributed by atoms with Crippen LogP contribution in [0, 0.1) is 0 Å². The summed E-state index contributed by atoms with van der Waals surface area (Å²) in [6.45, 7) is 2.13. The Morgan fingerprint density at radius 2 is 1.97 bits per heavy atom. The van der Waals surface area contributed by atoms with Crippen molar-refractivity contribution in [3.8, 4) is 0 Å². The first-order valence-electron chi connectivity index (χ1n) is 9.25. The third kappa shape index (κ3) is 3.86. The Labute approximate surface area is 182 Å². The Hall–Kier alpha value is -3.03. The minimum Gasteiger partial charge on any atom is -0.465 e. The summed E-state index contributed by atoms with van der Waals surface area (Å²) in [6.07, 6.45) is 3.47. The van der Waals surface area contributed by atoms with E-state index >= 15 is 0 Å². The topological polar surface area (TPSA) is 68.6 Å². The van der Waals surface area contributed by atoms with E-state index in [0.717, 1.165) is 33.1 Å². The van der Waals surface area contributed by atoms with Crippen LogP contribution in [0.3, 0.4) is 0 Å². The van der Waals surface area contributed by atoms with E-state index < -0.39 is 5.91 Å². The molecule has 1 aromatic heterocycles. The van der Waals surface area contributed by atoms with Crippen molar-refractivity contribution < 1.29 is 19.1 Å². The Kier molecular flexibility index (Phi) is 5.65. The highest BCUT2D eigenvalue weighted by molar-refractivity contribution is 8.19. The molecule has 0 atom stereocenters. The van der Waals surface area contributed by atoms with Crippen molar-refractivity contribution in [3.05, 3.63) is 70.2 Å². The molecule has 1 aliphatic heterocycles. The summed E-state index contributed by atoms with van der Waals surface area (Å²) in [6, 6.07) is 14.2. The van der Waals surface area contributed by atoms with Gasteiger partial charge >= 0.3 is 5.97 Å². The van der Waals surface area contributed by atoms with Gasteiger partial charge in [0.2, 0.25) is 0 Å². The number of hydrogen-bond donors (Lipinski definition) is 0. The largest absolute Gasteiger partial charge is 0.465 e. The van der Waals surface area contributed by atoms with Gasteiger partial charge < -0.3 is 9.30 Å². The standard InChI is InChI=1S/C22H17ClN2O4S/c1-2-29-20(26)13-24-12-14(17-8-3-4-9-18(17)24)10-19-21(27)25(22(28)30-19)16-7-5-6-15(23)11-16/h3-12H,2,13H2,1H3/b19-10-. The van der Waals surface area contributed by atoms with Gasteiger partial charge in [0.1, 0.15) is 6.54 Å². The number of imide groups is 1. The number of ether oxygens (including phenoxy) is 1. The van der Waals surface area contributed by atoms with E-state index in [0.29, 0.717) is 22.2 Å². The number of fused-ring (bicyclic) bond motifs is 1. The molecule has 0 bridgehead atoms. The number of rotatable bonds is 5. The van der Waals surface area contributed by atoms with E-state index in [1.165, 1.54) is 0 Å². The number of nitrogens with zero attached hydrogens (tertiary/aromatic N) is 2. The zero-order valence-corrected chi connectivity index (χ0v) is 17.6. The number of carbonyl (C=O) groups excluding carboxylic acids is 3. The molecule has 0 N–H and O–H groups in total. The van der Waals surface area contributed by atoms with Gasteiger partial charge in [0.05, 0.1) is 17.2 Å². The third-order valence-electron chi connectivity index (χ3n) is 4.57. The number of esters is 1. The van der Waals surface area contributed by atoms with Crippen LogP contribution in [-0.4, -0.2) is 28.3 Å². The second-order valence-electron chi connectivity index (χ2n) is 6.53. The zero-order valence-electron chi connectivity index (χ0n) is 16.0. The molecule has 0 radical (unpaired) electrons. The summed E-state index contributed by atoms with van der Waals surface area (Å²) in [5.41, 5.74) is 2.01. The molecule has 2 heterocycles. The Bertz CT molecular complexity index is 1200. The number of para-hydroxylation sites is 1. The smallest absolute Gasteiger partial charge is 0.325 e. The number of aromatic nitrogens is 1. The van der Waals surface area contributed by atoms with Gasteiger partial charge in [-0.1, -0.05) is 35.9 Å². The fourth-order valence-corrected chi connectivity index (χ4v) is 4.33. The number of benzene rings is 2. The first kappa shape index (κ1) is 20.3. The predicted molar refractivity (Wildman–Crippen MR) is 118 cm³/mol. The van der Waals surface area contributed by atoms with Gasteiger partial charge in [0.25, 0.3) is 11.1 Å². The average molecular weight is 441 g/mol. The maximum absolute atomic E-state index is 12.9. The van der Waals surface area contributed by atoms with Crippen LogP contribution in [0.4, 0.5) is 10.5 Å². The molecule has 8 heteroatoms. The van der Waals surface area contributed by atoms with Gasteiger partial charge in [-0.3, -0.25) is 14.4 Å². The molecule has 3 aromatic rings. The van der Waals surface area contributed by atoms with Gasteiger partial charge in [-0.25, -0.2) is 4.90 Å². The second kappa shape index (κ2) is 8.38. The molecular formula is C22H17ClN2O4S. The first-order chi connectivity index (χ1) is 14.5. The predicted octanol–water partition coefficient (Wildman–Crippen LogP) is 5.10. The molecular weight excluding hydrogens is 424 g/mol. The molecule has 1 saturated heterocycles. The summed E-state index contributed by atoms with van der Waals surface area (Å²) in [4.78, 5) is 38.8. The Morgan fingerprint density at radius 1 is 1.17 bits per heavy atom. The lowest BCUT2D eigenvalue weighted by molar-refractivity contribution is -0.143. The molecule has 0 saturated carbocycles. The Morgan fingerprint density at radius 3 is 2.73 bits per heavy atom. The SMILES string of the molecule is CCOC(=O)Cn1cc(/C=C2\SC(=O)N(c3cccc(Cl)c3)C2=O)c2ccccc21. The fraction of sp³-hybridized carbons (Fsp3) is 0.136. The Balaban J connectivity index is 1.70. The molecule has 1 aliphatic rings. The number of thioether (sulfide) groups is 1. The first-order valence-corrected chi connectivity index (χ1v) is 10.4. The van der Waals surface area contributed by atoms with Crippen molar-refractivity contribution in [3.63, 3.8) is 0 Å². The van der Waals surface area contributed by atoms with Crippen LogP contribution in [0.1, 0.15) is 12.5 Å². The number of carbonyl (C=O) groups is 3. The lowest BCUT2D eigenvalue weighted by Gasteiger charge is -2.12. The molecule has 2 aromatic carbocycles. The van der Waals surface area contributed by atoms with Crippen molar-refractivity contribution in [1.82, 2.24) is 4.57 Å². The normalized spacial score (nSPS) is 15.4. The number of halogens is 1. The average Bonchev–Trinajstić information content (AvgIpc) is 3.19. The molecule has 2 amide bonds. The number of amides is 2. The number of hydrogen-bond acceptors (Lipinski definition) is 5. The van der Waals surface area contributed by atoms with Crippen LogP contribution in [0.5, 0.6) is 0 Å². The highest BCUT2D eigenvalue weighted by Crippen LogP contribution is 2.37. The molecule has 0 spiro atoms. The minimum atomic E-state index is -0.408. The van der Waals surface area contributed by atoms with Crippen molar-refractivity contribution in [2.24, 2.45) is 0 Å². The molecule has 0 unspecified atom stereocenters. The highest BCUT2D eigenvalue weighted by atomic mass is 35.5. The van der Waals surface area contributed by atoms with Crippen molar-refractivity contribution >= 4 is 63.1 Å². The van der Waals surface area contributed by atoms with E-state index in [2.05, 4.69) is 0 Å². The summed E-state index contributed by atoms with van der Waals surface area (Å²) >= 11 is 6.88. The van der Waals surface area contributed by atoms with Crippen molar-refractivity contribution in [1.29, 1.82) is 0 Å². The van der Waals surface area contributed by atoms with E-state index in [4.69, 9.17) is 16.3 Å². The van der Waals surface area contributed by atoms with Gasteiger partial charge in [0.15, 0.2) is 0 Å². The lowest BCUT2D eigenvalue weighted by atomic mass is 10.1. The van der Waals surface area contributed by atoms with Gasteiger partial charge in [-0.15, -0.1) is 0 Å². The molecule has 30 heavy (non-hydrogen) atoms. The van der Waals surface area contributed by atoms with Crippen LogP contribution in [0.25, 0.3) is 17.0 Å². The van der Waals surface area contributed by atoms with Crippen LogP contribution < -0.4 is 4.90 Å². The maximum atomic E-state index is 12.9. The van der Waals surface area contributed by atoms with Crippen LogP contribution in [-0.2, 0) is 20.9 Å². The second-order valence-corrected chi connectivity index (χ2v) is 7.96. The summed E-state index contributed by atoms with van der Waals surface area (Å²) in [7, 11) is 0. The molecule has 4 rings (SSSR count). The van der Waals surface area contributed by atoms with Crippen LogP contribution in [0.15, 0.2) is 59.6 Å². The molecule has 6 nitrogen and oxygen atoms in total. The van der Waals surface area contributed by atoms with Crippen LogP contribution >= 0.6 is 23.4 Å². The number of anilines is 1. The van der Waals surface area contributed by atoms with Gasteiger partial charge in [0, 0.05) is 27.7 Å². The summed E-state index contributed by atoms with van der Waals surface area (Å²) in [5.74, 6) is -0.749. The van der Waals surface area contributed by atoms with Crippen LogP contribution in [0.2, 0.25) is 5.02 Å². The zero-order chi connectivity index (χ0) is 21.3. The lowest BCUT2D eigenvalue weighted by Crippen LogP contribution is -2.27. The molecule has 0 aliphatic carbocycles. The summed E-state index contributed by atoms with van der Waals surface area (Å²) < 4.78 is 6.82. The highest BCUT2D eigenvalue weighted by Gasteiger charge is 2.36. The fourth-order valence-electron chi connectivity index (χ4n) is 3.31. The maximum Gasteiger partial charge on any atom is 0.325 e. The van der Waals surface area contributed by atoms with E-state index in [-0.39, 0.29) is 17.8 Å². The monoisotopic (exact) mass is 440 g/mol. The van der Waals surface area contributed by atoms with Crippen molar-refractivity contribution in [2.75, 3.05) is 11.5 Å². The quantitative estimate of drug-likeness (QED) is 0.408. The van der Waals surface area contributed by atoms with Gasteiger partial charge in [-0.2, -0.15) is 0 Å². The van der Waals surface area contributed by atoms with E-state index in [1.54, 1.807) is 48.0 Å². The van der Waals surface area contributed by atoms with Gasteiger partial charge in [-0.05, 0) is 49.0 Å². The minimum absolute atomic E-state index is 0.0617. The molecule has 1 fully saturated rings. The molecule has 152 valence electrons. The summed E-state index contributed by atoms with van der Waals surface area (Å²) in [5, 5.41) is 0.928. The third-order valence-corrected chi connectivity index (χ3v) is 5.68. The van der Waals surface area contributed by atoms with E-state index in [9.17, 15) is 14.4 Å². The van der Waals surface area contributed by atoms with E-state index in [1.807, 2.05) is 24.3 Å².